The summed E-state index contributed by atoms with van der Waals surface area (Å²) >= 11 is 0. The number of aromatic nitrogens is 2. The molecule has 0 saturated heterocycles. The zero-order chi connectivity index (χ0) is 12.4. The largest absolute Gasteiger partial charge is 0.461 e. The fourth-order valence-electron chi connectivity index (χ4n) is 1.51. The molecule has 0 atom stereocenters. The lowest BCUT2D eigenvalue weighted by atomic mass is 10.3. The highest BCUT2D eigenvalue weighted by Crippen LogP contribution is 2.03. The third kappa shape index (κ3) is 2.18. The van der Waals surface area contributed by atoms with Crippen LogP contribution in [0.25, 0.3) is 5.65 Å². The zero-order valence-corrected chi connectivity index (χ0v) is 9.64. The summed E-state index contributed by atoms with van der Waals surface area (Å²) in [6.45, 7) is 3.85. The predicted octanol–water partition coefficient (Wildman–Crippen LogP) is 1.18. The third-order valence-electron chi connectivity index (χ3n) is 2.31. The van der Waals surface area contributed by atoms with Crippen LogP contribution in [-0.2, 0) is 4.74 Å². The number of hydrogen-bond donors (Lipinski definition) is 0. The third-order valence-corrected chi connectivity index (χ3v) is 2.31. The van der Waals surface area contributed by atoms with Crippen molar-refractivity contribution in [2.75, 3.05) is 6.61 Å². The summed E-state index contributed by atoms with van der Waals surface area (Å²) in [5, 5.41) is 0. The van der Waals surface area contributed by atoms with Crippen molar-refractivity contribution in [3.8, 4) is 0 Å². The van der Waals surface area contributed by atoms with Gasteiger partial charge >= 0.3 is 5.97 Å². The van der Waals surface area contributed by atoms with Crippen molar-refractivity contribution in [1.82, 2.24) is 9.38 Å². The predicted molar refractivity (Wildman–Crippen MR) is 62.2 cm³/mol. The first-order valence-corrected chi connectivity index (χ1v) is 5.29. The van der Waals surface area contributed by atoms with Crippen molar-refractivity contribution in [2.45, 2.75) is 13.8 Å². The summed E-state index contributed by atoms with van der Waals surface area (Å²) in [5.74, 6) is -0.575. The maximum absolute atomic E-state index is 11.7. The molecule has 0 saturated carbocycles. The Morgan fingerprint density at radius 2 is 2.24 bits per heavy atom. The first kappa shape index (κ1) is 11.3. The van der Waals surface area contributed by atoms with Crippen molar-refractivity contribution in [3.63, 3.8) is 0 Å². The molecule has 0 spiro atoms. The van der Waals surface area contributed by atoms with E-state index in [1.165, 1.54) is 10.5 Å². The molecule has 17 heavy (non-hydrogen) atoms. The molecule has 0 radical (unpaired) electrons. The van der Waals surface area contributed by atoms with Crippen LogP contribution in [-0.4, -0.2) is 22.0 Å². The highest BCUT2D eigenvalue weighted by molar-refractivity contribution is 5.87. The highest BCUT2D eigenvalue weighted by Gasteiger charge is 2.11. The fourth-order valence-corrected chi connectivity index (χ4v) is 1.51. The number of pyridine rings is 1. The van der Waals surface area contributed by atoms with Gasteiger partial charge < -0.3 is 4.74 Å². The van der Waals surface area contributed by atoms with Crippen LogP contribution in [0, 0.1) is 6.92 Å². The van der Waals surface area contributed by atoms with Gasteiger partial charge in [-0.1, -0.05) is 0 Å². The maximum Gasteiger partial charge on any atom is 0.357 e. The lowest BCUT2D eigenvalue weighted by molar-refractivity contribution is 0.0519. The molecule has 0 unspecified atom stereocenters. The molecule has 0 N–H and O–H groups in total. The van der Waals surface area contributed by atoms with Crippen LogP contribution < -0.4 is 5.56 Å². The Balaban J connectivity index is 2.61. The van der Waals surface area contributed by atoms with Gasteiger partial charge in [-0.05, 0) is 31.5 Å². The molecule has 0 aliphatic rings. The van der Waals surface area contributed by atoms with E-state index in [1.807, 2.05) is 6.92 Å². The van der Waals surface area contributed by atoms with E-state index in [9.17, 15) is 9.59 Å². The summed E-state index contributed by atoms with van der Waals surface area (Å²) in [6, 6.07) is 4.73. The smallest absolute Gasteiger partial charge is 0.357 e. The minimum Gasteiger partial charge on any atom is -0.461 e. The lowest BCUT2D eigenvalue weighted by Gasteiger charge is -2.04. The molecule has 2 heterocycles. The molecule has 2 aromatic heterocycles. The molecule has 0 bridgehead atoms. The lowest BCUT2D eigenvalue weighted by Crippen LogP contribution is -2.18. The van der Waals surface area contributed by atoms with Crippen molar-refractivity contribution < 1.29 is 9.53 Å². The normalized spacial score (nSPS) is 10.5. The Morgan fingerprint density at radius 1 is 1.47 bits per heavy atom. The SMILES string of the molecule is CCOC(=O)c1cc(=O)n2ccc(C)cc2n1. The topological polar surface area (TPSA) is 60.7 Å². The maximum atomic E-state index is 11.7. The molecule has 88 valence electrons. The second-order valence-corrected chi connectivity index (χ2v) is 3.63. The van der Waals surface area contributed by atoms with Crippen LogP contribution in [0.2, 0.25) is 0 Å². The number of aryl methyl sites for hydroxylation is 1. The molecule has 0 aromatic carbocycles. The molecular weight excluding hydrogens is 220 g/mol. The summed E-state index contributed by atoms with van der Waals surface area (Å²) in [6.07, 6.45) is 1.63. The van der Waals surface area contributed by atoms with E-state index in [0.717, 1.165) is 5.56 Å². The minimum absolute atomic E-state index is 0.0439. The van der Waals surface area contributed by atoms with Crippen LogP contribution in [0.1, 0.15) is 23.0 Å². The number of carbonyl (C=O) groups excluding carboxylic acids is 1. The van der Waals surface area contributed by atoms with Gasteiger partial charge in [-0.15, -0.1) is 0 Å². The molecule has 0 fully saturated rings. The Bertz CT molecular complexity index is 631. The van der Waals surface area contributed by atoms with E-state index >= 15 is 0 Å². The first-order valence-electron chi connectivity index (χ1n) is 5.29. The van der Waals surface area contributed by atoms with Crippen LogP contribution in [0.3, 0.4) is 0 Å². The number of nitrogens with zero attached hydrogens (tertiary/aromatic N) is 2. The Hall–Kier alpha value is -2.17. The molecule has 5 nitrogen and oxygen atoms in total. The van der Waals surface area contributed by atoms with Crippen LogP contribution in [0.5, 0.6) is 0 Å². The van der Waals surface area contributed by atoms with E-state index < -0.39 is 5.97 Å². The van der Waals surface area contributed by atoms with Crippen LogP contribution in [0.15, 0.2) is 29.2 Å². The van der Waals surface area contributed by atoms with Gasteiger partial charge in [0.1, 0.15) is 5.65 Å². The van der Waals surface area contributed by atoms with Gasteiger partial charge in [0.25, 0.3) is 5.56 Å². The van der Waals surface area contributed by atoms with E-state index in [-0.39, 0.29) is 17.9 Å². The van der Waals surface area contributed by atoms with E-state index in [4.69, 9.17) is 4.74 Å². The number of carbonyl (C=O) groups is 1. The van der Waals surface area contributed by atoms with Gasteiger partial charge in [0.15, 0.2) is 5.69 Å². The summed E-state index contributed by atoms with van der Waals surface area (Å²) < 4.78 is 6.20. The molecule has 5 heteroatoms. The van der Waals surface area contributed by atoms with Gasteiger partial charge in [-0.3, -0.25) is 9.20 Å². The summed E-state index contributed by atoms with van der Waals surface area (Å²) in [7, 11) is 0. The fraction of sp³-hybridized carbons (Fsp3) is 0.250. The quantitative estimate of drug-likeness (QED) is 0.729. The van der Waals surface area contributed by atoms with E-state index in [0.29, 0.717) is 5.65 Å². The number of hydrogen-bond acceptors (Lipinski definition) is 4. The highest BCUT2D eigenvalue weighted by atomic mass is 16.5. The average Bonchev–Trinajstić information content (AvgIpc) is 2.28. The van der Waals surface area contributed by atoms with Crippen LogP contribution >= 0.6 is 0 Å². The van der Waals surface area contributed by atoms with Crippen LogP contribution in [0.4, 0.5) is 0 Å². The Kier molecular flexibility index (Phi) is 2.91. The van der Waals surface area contributed by atoms with Crippen molar-refractivity contribution in [1.29, 1.82) is 0 Å². The van der Waals surface area contributed by atoms with Gasteiger partial charge in [0.05, 0.1) is 6.61 Å². The number of fused-ring (bicyclic) bond motifs is 1. The number of ether oxygens (including phenoxy) is 1. The Labute approximate surface area is 97.7 Å². The number of rotatable bonds is 2. The molecule has 2 rings (SSSR count). The summed E-state index contributed by atoms with van der Waals surface area (Å²) in [5.41, 5.74) is 1.17. The molecule has 2 aromatic rings. The van der Waals surface area contributed by atoms with Gasteiger partial charge in [-0.25, -0.2) is 9.78 Å². The van der Waals surface area contributed by atoms with E-state index in [2.05, 4.69) is 4.98 Å². The number of esters is 1. The van der Waals surface area contributed by atoms with Crippen molar-refractivity contribution in [3.05, 3.63) is 46.0 Å². The average molecular weight is 232 g/mol. The van der Waals surface area contributed by atoms with E-state index in [1.54, 1.807) is 25.3 Å². The molecule has 0 aliphatic carbocycles. The zero-order valence-electron chi connectivity index (χ0n) is 9.64. The van der Waals surface area contributed by atoms with Gasteiger partial charge in [0.2, 0.25) is 0 Å². The standard InChI is InChI=1S/C12H12N2O3/c1-3-17-12(16)9-7-11(15)14-5-4-8(2)6-10(14)13-9/h4-7H,3H2,1-2H3. The molecule has 0 amide bonds. The molecule has 0 aliphatic heterocycles. The Morgan fingerprint density at radius 3 is 2.94 bits per heavy atom. The van der Waals surface area contributed by atoms with Crippen molar-refractivity contribution >= 4 is 11.6 Å². The van der Waals surface area contributed by atoms with Gasteiger partial charge in [-0.2, -0.15) is 0 Å². The molecular formula is C12H12N2O3. The van der Waals surface area contributed by atoms with Gasteiger partial charge in [0, 0.05) is 12.3 Å². The monoisotopic (exact) mass is 232 g/mol. The van der Waals surface area contributed by atoms with Crippen molar-refractivity contribution in [2.24, 2.45) is 0 Å². The first-order chi connectivity index (χ1) is 8.11. The second-order valence-electron chi connectivity index (χ2n) is 3.63. The minimum atomic E-state index is -0.575. The summed E-state index contributed by atoms with van der Waals surface area (Å²) in [4.78, 5) is 27.3. The second kappa shape index (κ2) is 4.37.